The highest BCUT2D eigenvalue weighted by molar-refractivity contribution is 8.00. The maximum Gasteiger partial charge on any atom is 0.237 e. The van der Waals surface area contributed by atoms with Crippen molar-refractivity contribution in [2.24, 2.45) is 0 Å². The molecule has 154 valence electrons. The molecule has 0 saturated carbocycles. The Balaban J connectivity index is 1.57. The first-order valence-electron chi connectivity index (χ1n) is 9.06. The summed E-state index contributed by atoms with van der Waals surface area (Å²) in [5.41, 5.74) is 2.35. The predicted molar refractivity (Wildman–Crippen MR) is 133 cm³/mol. The number of thiocarbonyl (C=S) groups is 1. The average molecular weight is 476 g/mol. The molecule has 0 aliphatic heterocycles. The Labute approximate surface area is 195 Å². The molecule has 8 heteroatoms. The first kappa shape index (κ1) is 22.4. The van der Waals surface area contributed by atoms with Gasteiger partial charge in [-0.1, -0.05) is 47.5 Å². The van der Waals surface area contributed by atoms with Crippen LogP contribution in [0.3, 0.4) is 0 Å². The maximum atomic E-state index is 12.5. The number of carbonyl (C=O) groups excluding carboxylic acids is 1. The van der Waals surface area contributed by atoms with E-state index in [9.17, 15) is 4.79 Å². The fourth-order valence-corrected chi connectivity index (χ4v) is 4.00. The van der Waals surface area contributed by atoms with Gasteiger partial charge in [-0.05, 0) is 67.7 Å². The summed E-state index contributed by atoms with van der Waals surface area (Å²) in [4.78, 5) is 13.5. The molecule has 0 heterocycles. The van der Waals surface area contributed by atoms with E-state index in [1.165, 1.54) is 11.8 Å². The zero-order valence-corrected chi connectivity index (χ0v) is 19.1. The quantitative estimate of drug-likeness (QED) is 0.266. The van der Waals surface area contributed by atoms with E-state index in [1.54, 1.807) is 18.2 Å². The van der Waals surface area contributed by atoms with Crippen LogP contribution < -0.4 is 16.0 Å². The van der Waals surface area contributed by atoms with Crippen LogP contribution in [0.5, 0.6) is 0 Å². The smallest absolute Gasteiger partial charge is 0.237 e. The van der Waals surface area contributed by atoms with Crippen LogP contribution in [0.15, 0.2) is 77.7 Å². The Kier molecular flexibility index (Phi) is 7.99. The van der Waals surface area contributed by atoms with Crippen molar-refractivity contribution < 1.29 is 4.79 Å². The number of amides is 1. The molecule has 3 N–H and O–H groups in total. The average Bonchev–Trinajstić information content (AvgIpc) is 2.71. The molecule has 3 aromatic rings. The molecule has 1 atom stereocenters. The second-order valence-electron chi connectivity index (χ2n) is 6.35. The molecule has 0 aliphatic carbocycles. The first-order valence-corrected chi connectivity index (χ1v) is 11.1. The Morgan fingerprint density at radius 3 is 2.23 bits per heavy atom. The van der Waals surface area contributed by atoms with Crippen molar-refractivity contribution in [2.45, 2.75) is 17.1 Å². The van der Waals surface area contributed by atoms with Crippen molar-refractivity contribution in [3.63, 3.8) is 0 Å². The number of benzene rings is 3. The molecule has 0 aliphatic rings. The lowest BCUT2D eigenvalue weighted by Crippen LogP contribution is -2.22. The van der Waals surface area contributed by atoms with Crippen LogP contribution in [0.4, 0.5) is 17.1 Å². The molecular weight excluding hydrogens is 457 g/mol. The van der Waals surface area contributed by atoms with Crippen molar-refractivity contribution in [1.82, 2.24) is 0 Å². The fraction of sp³-hybridized carbons (Fsp3) is 0.0909. The third-order valence-corrected chi connectivity index (χ3v) is 6.03. The Bertz CT molecular complexity index is 1050. The topological polar surface area (TPSA) is 53.2 Å². The minimum absolute atomic E-state index is 0.127. The Hall–Kier alpha value is -2.25. The second-order valence-corrected chi connectivity index (χ2v) is 8.99. The number of carbonyl (C=O) groups is 1. The Morgan fingerprint density at radius 1 is 0.833 bits per heavy atom. The van der Waals surface area contributed by atoms with Crippen molar-refractivity contribution in [3.05, 3.63) is 82.8 Å². The lowest BCUT2D eigenvalue weighted by Gasteiger charge is -2.14. The minimum Gasteiger partial charge on any atom is -0.332 e. The van der Waals surface area contributed by atoms with Gasteiger partial charge in [-0.15, -0.1) is 11.8 Å². The molecule has 3 rings (SSSR count). The molecule has 1 amide bonds. The van der Waals surface area contributed by atoms with E-state index in [-0.39, 0.29) is 11.2 Å². The molecule has 1 unspecified atom stereocenters. The zero-order chi connectivity index (χ0) is 21.5. The lowest BCUT2D eigenvalue weighted by molar-refractivity contribution is -0.115. The van der Waals surface area contributed by atoms with Crippen molar-refractivity contribution in [1.29, 1.82) is 0 Å². The molecule has 0 bridgehead atoms. The van der Waals surface area contributed by atoms with Crippen LogP contribution in [0.25, 0.3) is 0 Å². The summed E-state index contributed by atoms with van der Waals surface area (Å²) in [5, 5.41) is 10.2. The molecular formula is C22H19Cl2N3OS2. The maximum absolute atomic E-state index is 12.5. The summed E-state index contributed by atoms with van der Waals surface area (Å²) in [6, 6.07) is 22.4. The molecule has 0 saturated heterocycles. The van der Waals surface area contributed by atoms with Gasteiger partial charge < -0.3 is 16.0 Å². The first-order chi connectivity index (χ1) is 14.4. The van der Waals surface area contributed by atoms with Gasteiger partial charge in [-0.2, -0.15) is 0 Å². The number of nitrogens with one attached hydrogen (secondary N) is 3. The van der Waals surface area contributed by atoms with Gasteiger partial charge in [0.1, 0.15) is 0 Å². The highest BCUT2D eigenvalue weighted by atomic mass is 35.5. The number of rotatable bonds is 6. The summed E-state index contributed by atoms with van der Waals surface area (Å²) < 4.78 is 0. The van der Waals surface area contributed by atoms with Crippen LogP contribution in [-0.4, -0.2) is 16.3 Å². The van der Waals surface area contributed by atoms with Crippen molar-refractivity contribution >= 4 is 75.3 Å². The fourth-order valence-electron chi connectivity index (χ4n) is 2.54. The standard InChI is InChI=1S/C22H19Cl2N3OS2/c1-14(21(28)25-17-10-11-19(23)20(24)13-17)30-18-9-5-8-16(12-18)27-22(29)26-15-6-3-2-4-7-15/h2-14H,1H3,(H,25,28)(H2,26,27,29). The minimum atomic E-state index is -0.316. The summed E-state index contributed by atoms with van der Waals surface area (Å²) in [7, 11) is 0. The second kappa shape index (κ2) is 10.7. The van der Waals surface area contributed by atoms with E-state index in [4.69, 9.17) is 35.4 Å². The van der Waals surface area contributed by atoms with Crippen molar-refractivity contribution in [3.8, 4) is 0 Å². The number of hydrogen-bond acceptors (Lipinski definition) is 3. The summed E-state index contributed by atoms with van der Waals surface area (Å²) in [6.45, 7) is 1.85. The number of halogens is 2. The SMILES string of the molecule is CC(Sc1cccc(NC(=S)Nc2ccccc2)c1)C(=O)Nc1ccc(Cl)c(Cl)c1. The third-order valence-electron chi connectivity index (χ3n) is 3.99. The number of hydrogen-bond donors (Lipinski definition) is 3. The summed E-state index contributed by atoms with van der Waals surface area (Å²) in [6.07, 6.45) is 0. The van der Waals surface area contributed by atoms with E-state index < -0.39 is 0 Å². The van der Waals surface area contributed by atoms with Crippen LogP contribution in [-0.2, 0) is 4.79 Å². The zero-order valence-electron chi connectivity index (χ0n) is 16.0. The van der Waals surface area contributed by atoms with Crippen molar-refractivity contribution in [2.75, 3.05) is 16.0 Å². The molecule has 3 aromatic carbocycles. The summed E-state index contributed by atoms with van der Waals surface area (Å²) in [5.74, 6) is -0.127. The van der Waals surface area contributed by atoms with E-state index in [0.717, 1.165) is 16.3 Å². The highest BCUT2D eigenvalue weighted by Crippen LogP contribution is 2.28. The van der Waals surface area contributed by atoms with Gasteiger partial charge in [0, 0.05) is 22.0 Å². The largest absolute Gasteiger partial charge is 0.332 e. The molecule has 0 spiro atoms. The molecule has 30 heavy (non-hydrogen) atoms. The van der Waals surface area contributed by atoms with Gasteiger partial charge in [-0.25, -0.2) is 0 Å². The van der Waals surface area contributed by atoms with Gasteiger partial charge in [0.15, 0.2) is 5.11 Å². The normalized spacial score (nSPS) is 11.4. The van der Waals surface area contributed by atoms with Crippen LogP contribution in [0.2, 0.25) is 10.0 Å². The molecule has 0 aromatic heterocycles. The van der Waals surface area contributed by atoms with Crippen LogP contribution >= 0.6 is 47.2 Å². The third kappa shape index (κ3) is 6.64. The van der Waals surface area contributed by atoms with Gasteiger partial charge in [-0.3, -0.25) is 4.79 Å². The summed E-state index contributed by atoms with van der Waals surface area (Å²) >= 11 is 18.7. The van der Waals surface area contributed by atoms with E-state index in [0.29, 0.717) is 20.8 Å². The molecule has 0 fully saturated rings. The van der Waals surface area contributed by atoms with Crippen LogP contribution in [0.1, 0.15) is 6.92 Å². The van der Waals surface area contributed by atoms with Gasteiger partial charge in [0.05, 0.1) is 15.3 Å². The monoisotopic (exact) mass is 475 g/mol. The molecule has 0 radical (unpaired) electrons. The van der Waals surface area contributed by atoms with E-state index in [2.05, 4.69) is 16.0 Å². The Morgan fingerprint density at radius 2 is 1.50 bits per heavy atom. The van der Waals surface area contributed by atoms with Gasteiger partial charge in [0.25, 0.3) is 0 Å². The number of anilines is 3. The molecule has 4 nitrogen and oxygen atoms in total. The van der Waals surface area contributed by atoms with Crippen LogP contribution in [0, 0.1) is 0 Å². The highest BCUT2D eigenvalue weighted by Gasteiger charge is 2.15. The van der Waals surface area contributed by atoms with E-state index in [1.807, 2.05) is 61.5 Å². The predicted octanol–water partition coefficient (Wildman–Crippen LogP) is 6.92. The number of thioether (sulfide) groups is 1. The number of para-hydroxylation sites is 1. The van der Waals surface area contributed by atoms with Gasteiger partial charge >= 0.3 is 0 Å². The van der Waals surface area contributed by atoms with Gasteiger partial charge in [0.2, 0.25) is 5.91 Å². The van der Waals surface area contributed by atoms with E-state index >= 15 is 0 Å². The lowest BCUT2D eigenvalue weighted by atomic mass is 10.3.